The van der Waals surface area contributed by atoms with E-state index in [-0.39, 0.29) is 18.1 Å². The second-order valence-corrected chi connectivity index (χ2v) is 5.13. The summed E-state index contributed by atoms with van der Waals surface area (Å²) in [5.74, 6) is -1.31. The van der Waals surface area contributed by atoms with Gasteiger partial charge in [0.1, 0.15) is 17.3 Å². The highest BCUT2D eigenvalue weighted by atomic mass is 19.1. The fourth-order valence-electron chi connectivity index (χ4n) is 2.43. The number of piperidine rings is 1. The van der Waals surface area contributed by atoms with Gasteiger partial charge in [0.25, 0.3) is 0 Å². The molecule has 0 aliphatic carbocycles. The molecule has 1 aliphatic heterocycles. The summed E-state index contributed by atoms with van der Waals surface area (Å²) in [6.45, 7) is 4.03. The molecule has 0 bridgehead atoms. The van der Waals surface area contributed by atoms with E-state index in [1.807, 2.05) is 4.90 Å². The lowest BCUT2D eigenvalue weighted by Crippen LogP contribution is -2.39. The molecule has 5 heteroatoms. The van der Waals surface area contributed by atoms with Crippen molar-refractivity contribution in [1.29, 1.82) is 0 Å². The Morgan fingerprint density at radius 2 is 2.11 bits per heavy atom. The second kappa shape index (κ2) is 6.10. The third-order valence-corrected chi connectivity index (χ3v) is 3.34. The van der Waals surface area contributed by atoms with Crippen LogP contribution in [0.2, 0.25) is 0 Å². The summed E-state index contributed by atoms with van der Waals surface area (Å²) in [5.41, 5.74) is -0.363. The Morgan fingerprint density at radius 3 is 2.74 bits per heavy atom. The summed E-state index contributed by atoms with van der Waals surface area (Å²) < 4.78 is 26.8. The van der Waals surface area contributed by atoms with Gasteiger partial charge in [0.2, 0.25) is 5.91 Å². The van der Waals surface area contributed by atoms with Crippen molar-refractivity contribution in [2.45, 2.75) is 19.8 Å². The number of nitrogens with one attached hydrogen (secondary N) is 1. The lowest BCUT2D eigenvalue weighted by molar-refractivity contribution is -0.117. The molecule has 3 nitrogen and oxygen atoms in total. The van der Waals surface area contributed by atoms with Crippen molar-refractivity contribution in [2.75, 3.05) is 25.0 Å². The summed E-state index contributed by atoms with van der Waals surface area (Å²) in [4.78, 5) is 13.8. The molecule has 19 heavy (non-hydrogen) atoms. The fourth-order valence-corrected chi connectivity index (χ4v) is 2.43. The fraction of sp³-hybridized carbons (Fsp3) is 0.500. The monoisotopic (exact) mass is 268 g/mol. The second-order valence-electron chi connectivity index (χ2n) is 5.13. The Morgan fingerprint density at radius 1 is 1.42 bits per heavy atom. The molecule has 1 N–H and O–H groups in total. The summed E-state index contributed by atoms with van der Waals surface area (Å²) in [6.07, 6.45) is 2.22. The molecule has 0 spiro atoms. The number of anilines is 1. The molecule has 1 heterocycles. The van der Waals surface area contributed by atoms with Crippen molar-refractivity contribution in [3.63, 3.8) is 0 Å². The van der Waals surface area contributed by atoms with E-state index in [0.29, 0.717) is 5.92 Å². The van der Waals surface area contributed by atoms with E-state index in [9.17, 15) is 13.6 Å². The molecule has 0 aromatic heterocycles. The van der Waals surface area contributed by atoms with Crippen molar-refractivity contribution in [1.82, 2.24) is 4.90 Å². The van der Waals surface area contributed by atoms with Gasteiger partial charge in [-0.15, -0.1) is 0 Å². The molecule has 0 radical (unpaired) electrons. The smallest absolute Gasteiger partial charge is 0.238 e. The molecular formula is C14H18F2N2O. The minimum Gasteiger partial charge on any atom is -0.320 e. The highest BCUT2D eigenvalue weighted by Crippen LogP contribution is 2.19. The minimum atomic E-state index is -0.750. The Bertz CT molecular complexity index is 445. The number of carbonyl (C=O) groups excluding carboxylic acids is 1. The van der Waals surface area contributed by atoms with E-state index in [1.54, 1.807) is 0 Å². The Hall–Kier alpha value is -1.49. The molecule has 1 aromatic rings. The maximum absolute atomic E-state index is 13.4. The predicted octanol–water partition coefficient (Wildman–Crippen LogP) is 2.64. The largest absolute Gasteiger partial charge is 0.320 e. The van der Waals surface area contributed by atoms with Crippen LogP contribution in [0.25, 0.3) is 0 Å². The number of hydrogen-bond acceptors (Lipinski definition) is 2. The normalized spacial score (nSPS) is 20.3. The topological polar surface area (TPSA) is 32.3 Å². The highest BCUT2D eigenvalue weighted by molar-refractivity contribution is 5.92. The van der Waals surface area contributed by atoms with Crippen LogP contribution in [0.15, 0.2) is 18.2 Å². The van der Waals surface area contributed by atoms with E-state index in [4.69, 9.17) is 0 Å². The van der Waals surface area contributed by atoms with Crippen LogP contribution in [-0.2, 0) is 4.79 Å². The van der Waals surface area contributed by atoms with Crippen molar-refractivity contribution >= 4 is 11.6 Å². The lowest BCUT2D eigenvalue weighted by Gasteiger charge is -2.30. The van der Waals surface area contributed by atoms with Crippen LogP contribution < -0.4 is 5.32 Å². The summed E-state index contributed by atoms with van der Waals surface area (Å²) in [7, 11) is 0. The molecule has 1 amide bonds. The van der Waals surface area contributed by atoms with E-state index >= 15 is 0 Å². The zero-order valence-electron chi connectivity index (χ0n) is 11.0. The standard InChI is InChI=1S/C14H18F2N2O/c1-10-4-3-7-18(8-10)9-13(19)17-14-11(15)5-2-6-12(14)16/h2,5-6,10H,3-4,7-9H2,1H3,(H,17,19)/t10-/m1/s1. The van der Waals surface area contributed by atoms with Gasteiger partial charge in [-0.1, -0.05) is 13.0 Å². The highest BCUT2D eigenvalue weighted by Gasteiger charge is 2.19. The molecule has 1 atom stereocenters. The van der Waals surface area contributed by atoms with Gasteiger partial charge in [-0.2, -0.15) is 0 Å². The van der Waals surface area contributed by atoms with Crippen molar-refractivity contribution in [3.05, 3.63) is 29.8 Å². The van der Waals surface area contributed by atoms with Gasteiger partial charge in [0.05, 0.1) is 6.54 Å². The van der Waals surface area contributed by atoms with Crippen molar-refractivity contribution in [3.8, 4) is 0 Å². The molecule has 0 unspecified atom stereocenters. The van der Waals surface area contributed by atoms with E-state index < -0.39 is 11.6 Å². The van der Waals surface area contributed by atoms with Gasteiger partial charge in [0, 0.05) is 6.54 Å². The molecule has 1 saturated heterocycles. The minimum absolute atomic E-state index is 0.179. The predicted molar refractivity (Wildman–Crippen MR) is 69.8 cm³/mol. The van der Waals surface area contributed by atoms with Gasteiger partial charge in [-0.05, 0) is 37.4 Å². The number of rotatable bonds is 3. The first-order chi connectivity index (χ1) is 9.06. The number of halogens is 2. The van der Waals surface area contributed by atoms with Gasteiger partial charge < -0.3 is 5.32 Å². The summed E-state index contributed by atoms with van der Waals surface area (Å²) in [6, 6.07) is 3.52. The number of nitrogens with zero attached hydrogens (tertiary/aromatic N) is 1. The first-order valence-electron chi connectivity index (χ1n) is 6.52. The van der Waals surface area contributed by atoms with Gasteiger partial charge in [-0.3, -0.25) is 9.69 Å². The SMILES string of the molecule is C[C@@H]1CCCN(CC(=O)Nc2c(F)cccc2F)C1. The van der Waals surface area contributed by atoms with Crippen LogP contribution in [-0.4, -0.2) is 30.4 Å². The number of likely N-dealkylation sites (tertiary alicyclic amines) is 1. The molecule has 1 fully saturated rings. The summed E-state index contributed by atoms with van der Waals surface area (Å²) >= 11 is 0. The maximum atomic E-state index is 13.4. The molecular weight excluding hydrogens is 250 g/mol. The molecule has 2 rings (SSSR count). The van der Waals surface area contributed by atoms with Gasteiger partial charge >= 0.3 is 0 Å². The van der Waals surface area contributed by atoms with Gasteiger partial charge in [-0.25, -0.2) is 8.78 Å². The molecule has 104 valence electrons. The number of benzene rings is 1. The summed E-state index contributed by atoms with van der Waals surface area (Å²) in [5, 5.41) is 2.31. The Balaban J connectivity index is 1.94. The molecule has 1 aromatic carbocycles. The Kier molecular flexibility index (Phi) is 4.47. The van der Waals surface area contributed by atoms with Crippen LogP contribution >= 0.6 is 0 Å². The third kappa shape index (κ3) is 3.73. The zero-order chi connectivity index (χ0) is 13.8. The van der Waals surface area contributed by atoms with Crippen LogP contribution in [0, 0.1) is 17.6 Å². The number of para-hydroxylation sites is 1. The third-order valence-electron chi connectivity index (χ3n) is 3.34. The quantitative estimate of drug-likeness (QED) is 0.914. The van der Waals surface area contributed by atoms with E-state index in [0.717, 1.165) is 31.6 Å². The first-order valence-corrected chi connectivity index (χ1v) is 6.52. The van der Waals surface area contributed by atoms with Crippen LogP contribution in [0.5, 0.6) is 0 Å². The van der Waals surface area contributed by atoms with E-state index in [2.05, 4.69) is 12.2 Å². The zero-order valence-corrected chi connectivity index (χ0v) is 11.0. The van der Waals surface area contributed by atoms with Gasteiger partial charge in [0.15, 0.2) is 0 Å². The van der Waals surface area contributed by atoms with E-state index in [1.165, 1.54) is 12.5 Å². The number of hydrogen-bond donors (Lipinski definition) is 1. The molecule has 1 aliphatic rings. The number of carbonyl (C=O) groups is 1. The molecule has 0 saturated carbocycles. The Labute approximate surface area is 111 Å². The first kappa shape index (κ1) is 13.9. The van der Waals surface area contributed by atoms with Crippen molar-refractivity contribution in [2.24, 2.45) is 5.92 Å². The number of amides is 1. The van der Waals surface area contributed by atoms with Crippen LogP contribution in [0.3, 0.4) is 0 Å². The maximum Gasteiger partial charge on any atom is 0.238 e. The average molecular weight is 268 g/mol. The lowest BCUT2D eigenvalue weighted by atomic mass is 10.0. The van der Waals surface area contributed by atoms with Crippen LogP contribution in [0.1, 0.15) is 19.8 Å². The average Bonchev–Trinajstić information content (AvgIpc) is 2.34. The van der Waals surface area contributed by atoms with Crippen molar-refractivity contribution < 1.29 is 13.6 Å². The van der Waals surface area contributed by atoms with Crippen LogP contribution in [0.4, 0.5) is 14.5 Å².